The second-order valence-corrected chi connectivity index (χ2v) is 6.21. The summed E-state index contributed by atoms with van der Waals surface area (Å²) in [4.78, 5) is 21.5. The van der Waals surface area contributed by atoms with Gasteiger partial charge in [-0.25, -0.2) is 0 Å². The molecular formula is C19H19N5O2. The molecule has 4 aromatic rings. The molecule has 0 aliphatic heterocycles. The van der Waals surface area contributed by atoms with Gasteiger partial charge in [-0.15, -0.1) is 0 Å². The molecule has 0 aliphatic rings. The number of hydrogen-bond acceptors (Lipinski definition) is 5. The van der Waals surface area contributed by atoms with Gasteiger partial charge in [-0.05, 0) is 30.2 Å². The van der Waals surface area contributed by atoms with Gasteiger partial charge in [-0.2, -0.15) is 4.98 Å². The molecular weight excluding hydrogens is 330 g/mol. The largest absolute Gasteiger partial charge is 0.339 e. The summed E-state index contributed by atoms with van der Waals surface area (Å²) in [6.07, 6.45) is 8.96. The molecule has 7 heteroatoms. The molecule has 0 radical (unpaired) electrons. The van der Waals surface area contributed by atoms with Crippen molar-refractivity contribution >= 4 is 10.9 Å². The zero-order valence-electron chi connectivity index (χ0n) is 14.5. The maximum atomic E-state index is 13.0. The lowest BCUT2D eigenvalue weighted by atomic mass is 10.3. The highest BCUT2D eigenvalue weighted by Gasteiger charge is 2.12. The Balaban J connectivity index is 1.67. The van der Waals surface area contributed by atoms with Gasteiger partial charge in [-0.1, -0.05) is 18.1 Å². The maximum absolute atomic E-state index is 13.0. The van der Waals surface area contributed by atoms with Crippen molar-refractivity contribution < 1.29 is 4.52 Å². The van der Waals surface area contributed by atoms with Crippen molar-refractivity contribution in [3.05, 3.63) is 76.7 Å². The smallest absolute Gasteiger partial charge is 0.275 e. The van der Waals surface area contributed by atoms with E-state index in [1.54, 1.807) is 23.2 Å². The van der Waals surface area contributed by atoms with Crippen LogP contribution in [0.3, 0.4) is 0 Å². The first-order chi connectivity index (χ1) is 12.7. The van der Waals surface area contributed by atoms with Crippen LogP contribution in [0.15, 0.2) is 58.4 Å². The second kappa shape index (κ2) is 6.95. The van der Waals surface area contributed by atoms with Gasteiger partial charge in [0.25, 0.3) is 5.56 Å². The lowest BCUT2D eigenvalue weighted by Crippen LogP contribution is -2.22. The fourth-order valence-electron chi connectivity index (χ4n) is 3.01. The average molecular weight is 349 g/mol. The van der Waals surface area contributed by atoms with E-state index in [4.69, 9.17) is 4.52 Å². The number of pyridine rings is 2. The van der Waals surface area contributed by atoms with Crippen LogP contribution in [0.1, 0.15) is 30.6 Å². The first-order valence-corrected chi connectivity index (χ1v) is 8.63. The van der Waals surface area contributed by atoms with Gasteiger partial charge in [0.15, 0.2) is 5.82 Å². The predicted molar refractivity (Wildman–Crippen MR) is 96.9 cm³/mol. The van der Waals surface area contributed by atoms with Gasteiger partial charge in [-0.3, -0.25) is 9.78 Å². The van der Waals surface area contributed by atoms with Gasteiger partial charge in [0.1, 0.15) is 12.1 Å². The summed E-state index contributed by atoms with van der Waals surface area (Å²) in [5.41, 5.74) is 1.62. The quantitative estimate of drug-likeness (QED) is 0.535. The van der Waals surface area contributed by atoms with Crippen molar-refractivity contribution in [2.75, 3.05) is 0 Å². The molecule has 26 heavy (non-hydrogen) atoms. The summed E-state index contributed by atoms with van der Waals surface area (Å²) < 4.78 is 8.81. The summed E-state index contributed by atoms with van der Waals surface area (Å²) in [7, 11) is 0. The SMILES string of the molecule is CCCc1noc(Cn2ccc3ccn(Cc4cccnc4)c3c2=O)n1. The van der Waals surface area contributed by atoms with E-state index in [0.717, 1.165) is 23.8 Å². The highest BCUT2D eigenvalue weighted by Crippen LogP contribution is 2.14. The molecule has 7 nitrogen and oxygen atoms in total. The topological polar surface area (TPSA) is 78.7 Å². The van der Waals surface area contributed by atoms with Gasteiger partial charge in [0, 0.05) is 43.1 Å². The minimum absolute atomic E-state index is 0.0772. The normalized spacial score (nSPS) is 11.3. The fraction of sp³-hybridized carbons (Fsp3) is 0.263. The van der Waals surface area contributed by atoms with Crippen LogP contribution in [0.25, 0.3) is 10.9 Å². The van der Waals surface area contributed by atoms with E-state index in [2.05, 4.69) is 22.0 Å². The third kappa shape index (κ3) is 3.15. The molecule has 4 heterocycles. The van der Waals surface area contributed by atoms with Crippen LogP contribution in [-0.2, 0) is 19.5 Å². The van der Waals surface area contributed by atoms with E-state index in [0.29, 0.717) is 23.8 Å². The Kier molecular flexibility index (Phi) is 4.35. The third-order valence-corrected chi connectivity index (χ3v) is 4.26. The molecule has 0 bridgehead atoms. The standard InChI is InChI=1S/C19H19N5O2/c1-2-4-16-21-17(26-22-16)13-24-10-7-15-6-9-23(18(15)19(24)25)12-14-5-3-8-20-11-14/h3,5-11H,2,4,12-13H2,1H3. The number of aryl methyl sites for hydroxylation is 1. The highest BCUT2D eigenvalue weighted by atomic mass is 16.5. The minimum atomic E-state index is -0.0772. The molecule has 0 aromatic carbocycles. The average Bonchev–Trinajstić information content (AvgIpc) is 3.26. The van der Waals surface area contributed by atoms with Gasteiger partial charge in [0.05, 0.1) is 0 Å². The van der Waals surface area contributed by atoms with Crippen LogP contribution in [0, 0.1) is 0 Å². The molecule has 4 rings (SSSR count). The lowest BCUT2D eigenvalue weighted by molar-refractivity contribution is 0.365. The number of fused-ring (bicyclic) bond motifs is 1. The molecule has 0 N–H and O–H groups in total. The first kappa shape index (κ1) is 16.3. The van der Waals surface area contributed by atoms with Crippen LogP contribution < -0.4 is 5.56 Å². The van der Waals surface area contributed by atoms with Crippen molar-refractivity contribution in [1.82, 2.24) is 24.3 Å². The van der Waals surface area contributed by atoms with Gasteiger partial charge in [0.2, 0.25) is 5.89 Å². The zero-order chi connectivity index (χ0) is 17.9. The number of hydrogen-bond donors (Lipinski definition) is 0. The molecule has 0 saturated carbocycles. The molecule has 0 atom stereocenters. The van der Waals surface area contributed by atoms with Crippen molar-refractivity contribution in [2.45, 2.75) is 32.9 Å². The fourth-order valence-corrected chi connectivity index (χ4v) is 3.01. The van der Waals surface area contributed by atoms with E-state index >= 15 is 0 Å². The van der Waals surface area contributed by atoms with E-state index < -0.39 is 0 Å². The van der Waals surface area contributed by atoms with Gasteiger partial charge >= 0.3 is 0 Å². The molecule has 0 unspecified atom stereocenters. The van der Waals surface area contributed by atoms with E-state index in [1.165, 1.54) is 0 Å². The van der Waals surface area contributed by atoms with Crippen LogP contribution >= 0.6 is 0 Å². The van der Waals surface area contributed by atoms with Gasteiger partial charge < -0.3 is 13.7 Å². The zero-order valence-corrected chi connectivity index (χ0v) is 14.5. The minimum Gasteiger partial charge on any atom is -0.339 e. The Labute approximate surface area is 149 Å². The summed E-state index contributed by atoms with van der Waals surface area (Å²) >= 11 is 0. The van der Waals surface area contributed by atoms with Crippen molar-refractivity contribution in [1.29, 1.82) is 0 Å². The maximum Gasteiger partial charge on any atom is 0.275 e. The number of rotatable bonds is 6. The summed E-state index contributed by atoms with van der Waals surface area (Å²) in [5.74, 6) is 1.12. The molecule has 0 aliphatic carbocycles. The number of nitrogens with zero attached hydrogens (tertiary/aromatic N) is 5. The van der Waals surface area contributed by atoms with Crippen LogP contribution in [0.2, 0.25) is 0 Å². The van der Waals surface area contributed by atoms with Crippen molar-refractivity contribution in [3.8, 4) is 0 Å². The van der Waals surface area contributed by atoms with E-state index in [9.17, 15) is 4.79 Å². The van der Waals surface area contributed by atoms with Crippen LogP contribution in [0.5, 0.6) is 0 Å². The molecule has 0 amide bonds. The summed E-state index contributed by atoms with van der Waals surface area (Å²) in [6.45, 7) is 2.92. The number of aromatic nitrogens is 5. The monoisotopic (exact) mass is 349 g/mol. The Morgan fingerprint density at radius 1 is 1.12 bits per heavy atom. The molecule has 132 valence electrons. The van der Waals surface area contributed by atoms with Crippen LogP contribution in [0.4, 0.5) is 0 Å². The Hall–Kier alpha value is -3.22. The Bertz CT molecular complexity index is 1080. The lowest BCUT2D eigenvalue weighted by Gasteiger charge is -2.07. The highest BCUT2D eigenvalue weighted by molar-refractivity contribution is 5.79. The first-order valence-electron chi connectivity index (χ1n) is 8.63. The summed E-state index contributed by atoms with van der Waals surface area (Å²) in [6, 6.07) is 7.76. The summed E-state index contributed by atoms with van der Waals surface area (Å²) in [5, 5.41) is 4.85. The predicted octanol–water partition coefficient (Wildman–Crippen LogP) is 2.63. The second-order valence-electron chi connectivity index (χ2n) is 6.21. The Morgan fingerprint density at radius 3 is 2.73 bits per heavy atom. The molecule has 0 spiro atoms. The van der Waals surface area contributed by atoms with Crippen molar-refractivity contribution in [3.63, 3.8) is 0 Å². The third-order valence-electron chi connectivity index (χ3n) is 4.26. The Morgan fingerprint density at radius 2 is 1.96 bits per heavy atom. The van der Waals surface area contributed by atoms with E-state index in [-0.39, 0.29) is 12.1 Å². The molecule has 4 aromatic heterocycles. The van der Waals surface area contributed by atoms with Crippen molar-refractivity contribution in [2.24, 2.45) is 0 Å². The molecule has 0 saturated heterocycles. The molecule has 0 fully saturated rings. The van der Waals surface area contributed by atoms with E-state index in [1.807, 2.05) is 35.0 Å². The van der Waals surface area contributed by atoms with Crippen LogP contribution in [-0.4, -0.2) is 24.3 Å².